The molecule has 1 unspecified atom stereocenters. The molecule has 0 fully saturated rings. The number of hydrogen-bond acceptors (Lipinski definition) is 0. The first-order chi connectivity index (χ1) is 5.27. The number of rotatable bonds is 0. The summed E-state index contributed by atoms with van der Waals surface area (Å²) < 4.78 is 0. The Balaban J connectivity index is 0.000000720. The summed E-state index contributed by atoms with van der Waals surface area (Å²) in [6.07, 6.45) is 0. The van der Waals surface area contributed by atoms with Gasteiger partial charge in [-0.1, -0.05) is 17.7 Å². The van der Waals surface area contributed by atoms with Crippen LogP contribution in [0.2, 0.25) is 0 Å². The maximum Gasteiger partial charge on any atom is 0.109 e. The molecule has 1 heterocycles. The molecular formula is C10H14ClN. The molecule has 0 amide bonds. The van der Waals surface area contributed by atoms with Crippen molar-refractivity contribution in [3.63, 3.8) is 0 Å². The Labute approximate surface area is 79.6 Å². The van der Waals surface area contributed by atoms with Gasteiger partial charge in [0, 0.05) is 11.1 Å². The fourth-order valence-corrected chi connectivity index (χ4v) is 1.75. The minimum Gasteiger partial charge on any atom is -1.00 e. The highest BCUT2D eigenvalue weighted by molar-refractivity contribution is 5.33. The van der Waals surface area contributed by atoms with Gasteiger partial charge < -0.3 is 17.7 Å². The monoisotopic (exact) mass is 183 g/mol. The molecule has 1 aliphatic heterocycles. The summed E-state index contributed by atoms with van der Waals surface area (Å²) >= 11 is 0. The zero-order chi connectivity index (χ0) is 7.84. The van der Waals surface area contributed by atoms with Gasteiger partial charge in [-0.25, -0.2) is 0 Å². The molecule has 0 saturated heterocycles. The molecule has 0 aliphatic carbocycles. The van der Waals surface area contributed by atoms with E-state index >= 15 is 0 Å². The van der Waals surface area contributed by atoms with Gasteiger partial charge in [0.1, 0.15) is 12.6 Å². The topological polar surface area (TPSA) is 16.6 Å². The van der Waals surface area contributed by atoms with Crippen molar-refractivity contribution in [3.05, 3.63) is 34.9 Å². The molecule has 12 heavy (non-hydrogen) atoms. The van der Waals surface area contributed by atoms with Crippen LogP contribution in [-0.4, -0.2) is 0 Å². The molecule has 0 radical (unpaired) electrons. The molecule has 1 aromatic carbocycles. The molecule has 2 rings (SSSR count). The minimum absolute atomic E-state index is 0. The zero-order valence-electron chi connectivity index (χ0n) is 7.47. The number of quaternary nitrogens is 1. The first-order valence-corrected chi connectivity index (χ1v) is 4.20. The largest absolute Gasteiger partial charge is 1.00 e. The van der Waals surface area contributed by atoms with E-state index < -0.39 is 0 Å². The summed E-state index contributed by atoms with van der Waals surface area (Å²) in [6.45, 7) is 5.59. The fourth-order valence-electron chi connectivity index (χ4n) is 1.75. The van der Waals surface area contributed by atoms with Crippen molar-refractivity contribution in [2.24, 2.45) is 0 Å². The summed E-state index contributed by atoms with van der Waals surface area (Å²) in [5, 5.41) is 2.38. The summed E-state index contributed by atoms with van der Waals surface area (Å²) in [7, 11) is 0. The highest BCUT2D eigenvalue weighted by Crippen LogP contribution is 2.20. The van der Waals surface area contributed by atoms with E-state index in [2.05, 4.69) is 37.4 Å². The Morgan fingerprint density at radius 1 is 1.42 bits per heavy atom. The van der Waals surface area contributed by atoms with Gasteiger partial charge in [-0.05, 0) is 19.9 Å². The molecule has 2 N–H and O–H groups in total. The van der Waals surface area contributed by atoms with Crippen LogP contribution in [0, 0.1) is 6.92 Å². The maximum absolute atomic E-state index is 2.38. The number of aryl methyl sites for hydroxylation is 1. The highest BCUT2D eigenvalue weighted by Gasteiger charge is 2.20. The van der Waals surface area contributed by atoms with Crippen LogP contribution in [0.25, 0.3) is 0 Å². The van der Waals surface area contributed by atoms with Crippen LogP contribution in [0.4, 0.5) is 0 Å². The number of nitrogens with two attached hydrogens (primary N) is 1. The highest BCUT2D eigenvalue weighted by atomic mass is 35.5. The van der Waals surface area contributed by atoms with Gasteiger partial charge >= 0.3 is 0 Å². The van der Waals surface area contributed by atoms with Gasteiger partial charge in [0.25, 0.3) is 0 Å². The molecule has 1 nitrogen and oxygen atoms in total. The van der Waals surface area contributed by atoms with Crippen LogP contribution >= 0.6 is 0 Å². The van der Waals surface area contributed by atoms with Crippen molar-refractivity contribution in [3.8, 4) is 0 Å². The lowest BCUT2D eigenvalue weighted by atomic mass is 10.0. The van der Waals surface area contributed by atoms with Crippen molar-refractivity contribution in [2.75, 3.05) is 0 Å². The Morgan fingerprint density at radius 2 is 2.17 bits per heavy atom. The van der Waals surface area contributed by atoms with Crippen LogP contribution in [0.5, 0.6) is 0 Å². The van der Waals surface area contributed by atoms with Gasteiger partial charge in [0.15, 0.2) is 0 Å². The first kappa shape index (κ1) is 9.56. The second-order valence-corrected chi connectivity index (χ2v) is 3.43. The molecule has 0 bridgehead atoms. The van der Waals surface area contributed by atoms with Crippen LogP contribution < -0.4 is 17.7 Å². The third kappa shape index (κ3) is 1.47. The SMILES string of the molecule is Cc1ccc2c(c1)C(C)[NH2+]C2.[Cl-]. The molecule has 0 aromatic heterocycles. The van der Waals surface area contributed by atoms with Crippen LogP contribution in [0.3, 0.4) is 0 Å². The van der Waals surface area contributed by atoms with Crippen LogP contribution in [0.1, 0.15) is 29.7 Å². The first-order valence-electron chi connectivity index (χ1n) is 4.20. The lowest BCUT2D eigenvalue weighted by Gasteiger charge is -2.00. The van der Waals surface area contributed by atoms with Crippen molar-refractivity contribution in [1.82, 2.24) is 0 Å². The van der Waals surface area contributed by atoms with Crippen LogP contribution in [-0.2, 0) is 6.54 Å². The van der Waals surface area contributed by atoms with E-state index in [1.165, 1.54) is 16.7 Å². The molecule has 1 aromatic rings. The summed E-state index contributed by atoms with van der Waals surface area (Å²) in [4.78, 5) is 0. The minimum atomic E-state index is 0. The van der Waals surface area contributed by atoms with Crippen LogP contribution in [0.15, 0.2) is 18.2 Å². The fraction of sp³-hybridized carbons (Fsp3) is 0.400. The third-order valence-corrected chi connectivity index (χ3v) is 2.48. The van der Waals surface area contributed by atoms with Gasteiger partial charge in [0.2, 0.25) is 0 Å². The Morgan fingerprint density at radius 3 is 2.92 bits per heavy atom. The lowest BCUT2D eigenvalue weighted by Crippen LogP contribution is -3.00. The molecule has 66 valence electrons. The quantitative estimate of drug-likeness (QED) is 0.486. The molecule has 0 saturated carbocycles. The number of benzene rings is 1. The standard InChI is InChI=1S/C10H13N.ClH/c1-7-3-4-9-6-11-8(2)10(9)5-7;/h3-5,8,11H,6H2,1-2H3;1H. The van der Waals surface area contributed by atoms with Gasteiger partial charge in [-0.3, -0.25) is 0 Å². The summed E-state index contributed by atoms with van der Waals surface area (Å²) in [5.41, 5.74) is 4.43. The number of halogens is 1. The maximum atomic E-state index is 2.38. The summed E-state index contributed by atoms with van der Waals surface area (Å²) in [6, 6.07) is 7.43. The second kappa shape index (κ2) is 3.46. The van der Waals surface area contributed by atoms with E-state index in [1.54, 1.807) is 0 Å². The van der Waals surface area contributed by atoms with Crippen molar-refractivity contribution >= 4 is 0 Å². The lowest BCUT2D eigenvalue weighted by molar-refractivity contribution is -0.697. The van der Waals surface area contributed by atoms with Crippen molar-refractivity contribution < 1.29 is 17.7 Å². The predicted molar refractivity (Wildman–Crippen MR) is 45.2 cm³/mol. The Kier molecular flexibility index (Phi) is 2.76. The number of hydrogen-bond donors (Lipinski definition) is 1. The Hall–Kier alpha value is -0.530. The van der Waals surface area contributed by atoms with E-state index in [9.17, 15) is 0 Å². The van der Waals surface area contributed by atoms with Crippen molar-refractivity contribution in [1.29, 1.82) is 0 Å². The Bertz CT molecular complexity index is 283. The molecule has 1 aliphatic rings. The van der Waals surface area contributed by atoms with Crippen molar-refractivity contribution in [2.45, 2.75) is 26.4 Å². The van der Waals surface area contributed by atoms with Gasteiger partial charge in [0.05, 0.1) is 0 Å². The normalized spacial score (nSPS) is 20.0. The van der Waals surface area contributed by atoms with E-state index in [0.717, 1.165) is 6.54 Å². The summed E-state index contributed by atoms with van der Waals surface area (Å²) in [5.74, 6) is 0. The van der Waals surface area contributed by atoms with E-state index in [0.29, 0.717) is 6.04 Å². The van der Waals surface area contributed by atoms with Gasteiger partial charge in [-0.2, -0.15) is 0 Å². The average molecular weight is 184 g/mol. The molecule has 2 heteroatoms. The molecule has 0 spiro atoms. The van der Waals surface area contributed by atoms with E-state index in [-0.39, 0.29) is 12.4 Å². The second-order valence-electron chi connectivity index (χ2n) is 3.43. The zero-order valence-corrected chi connectivity index (χ0v) is 8.23. The number of fused-ring (bicyclic) bond motifs is 1. The van der Waals surface area contributed by atoms with E-state index in [4.69, 9.17) is 0 Å². The predicted octanol–water partition coefficient (Wildman–Crippen LogP) is -1.86. The van der Waals surface area contributed by atoms with E-state index in [1.807, 2.05) is 0 Å². The average Bonchev–Trinajstić information content (AvgIpc) is 2.33. The van der Waals surface area contributed by atoms with Gasteiger partial charge in [-0.15, -0.1) is 0 Å². The molecular weight excluding hydrogens is 170 g/mol. The smallest absolute Gasteiger partial charge is 0.109 e. The molecule has 1 atom stereocenters. The third-order valence-electron chi connectivity index (χ3n) is 2.48.